The highest BCUT2D eigenvalue weighted by molar-refractivity contribution is 9.10. The highest BCUT2D eigenvalue weighted by Crippen LogP contribution is 2.45. The molecule has 0 aliphatic carbocycles. The van der Waals surface area contributed by atoms with Crippen LogP contribution in [0.15, 0.2) is 52.2 Å². The molecule has 140 valence electrons. The van der Waals surface area contributed by atoms with Gasteiger partial charge in [0, 0.05) is 28.2 Å². The molecular formula is C22H22BrNO3. The first kappa shape index (κ1) is 18.1. The second-order valence-electron chi connectivity index (χ2n) is 6.85. The summed E-state index contributed by atoms with van der Waals surface area (Å²) in [4.78, 5) is 12.8. The predicted molar refractivity (Wildman–Crippen MR) is 109 cm³/mol. The summed E-state index contributed by atoms with van der Waals surface area (Å²) in [7, 11) is 0. The lowest BCUT2D eigenvalue weighted by atomic mass is 9.81. The van der Waals surface area contributed by atoms with Gasteiger partial charge in [-0.15, -0.1) is 0 Å². The Balaban J connectivity index is 1.88. The lowest BCUT2D eigenvalue weighted by Crippen LogP contribution is -2.23. The van der Waals surface area contributed by atoms with Gasteiger partial charge < -0.3 is 14.8 Å². The summed E-state index contributed by atoms with van der Waals surface area (Å²) in [6, 6.07) is 12.4. The average molecular weight is 428 g/mol. The summed E-state index contributed by atoms with van der Waals surface area (Å²) >= 11 is 3.56. The van der Waals surface area contributed by atoms with Gasteiger partial charge in [0.2, 0.25) is 0 Å². The number of hydrogen-bond donors (Lipinski definition) is 1. The molecule has 1 N–H and O–H groups in total. The van der Waals surface area contributed by atoms with Crippen LogP contribution >= 0.6 is 15.9 Å². The van der Waals surface area contributed by atoms with Crippen molar-refractivity contribution in [1.82, 2.24) is 0 Å². The van der Waals surface area contributed by atoms with Crippen molar-refractivity contribution in [3.63, 3.8) is 0 Å². The molecule has 0 spiro atoms. The Kier molecular flexibility index (Phi) is 4.96. The number of nitrogens with one attached hydrogen (secondary N) is 1. The normalized spacial score (nSPS) is 18.1. The first-order valence-corrected chi connectivity index (χ1v) is 10.1. The molecule has 1 atom stereocenters. The third-order valence-corrected chi connectivity index (χ3v) is 5.60. The molecule has 2 aliphatic heterocycles. The van der Waals surface area contributed by atoms with E-state index in [0.717, 1.165) is 40.7 Å². The van der Waals surface area contributed by atoms with Crippen molar-refractivity contribution in [2.75, 3.05) is 18.5 Å². The number of anilines is 1. The van der Waals surface area contributed by atoms with E-state index in [9.17, 15) is 4.79 Å². The van der Waals surface area contributed by atoms with Gasteiger partial charge in [0.05, 0.1) is 12.2 Å². The molecule has 27 heavy (non-hydrogen) atoms. The number of ether oxygens (including phenoxy) is 2. The van der Waals surface area contributed by atoms with E-state index in [-0.39, 0.29) is 11.9 Å². The first-order valence-electron chi connectivity index (χ1n) is 9.30. The fourth-order valence-electron chi connectivity index (χ4n) is 3.91. The van der Waals surface area contributed by atoms with Crippen molar-refractivity contribution >= 4 is 27.6 Å². The van der Waals surface area contributed by atoms with Gasteiger partial charge in [0.1, 0.15) is 11.5 Å². The molecule has 4 rings (SSSR count). The molecule has 0 amide bonds. The Morgan fingerprint density at radius 1 is 1.30 bits per heavy atom. The Bertz CT molecular complexity index is 935. The SMILES string of the molecule is CCOC(=O)C1=C(C)Oc2ccc(Br)cc2[C@H]1c1ccc2c(c1)CCCN2. The van der Waals surface area contributed by atoms with E-state index in [0.29, 0.717) is 17.9 Å². The molecule has 0 saturated carbocycles. The number of rotatable bonds is 3. The Morgan fingerprint density at radius 2 is 2.15 bits per heavy atom. The Hall–Kier alpha value is -2.27. The van der Waals surface area contributed by atoms with E-state index >= 15 is 0 Å². The van der Waals surface area contributed by atoms with Crippen LogP contribution in [0.5, 0.6) is 5.75 Å². The van der Waals surface area contributed by atoms with Gasteiger partial charge in [-0.25, -0.2) is 4.79 Å². The number of halogens is 1. The third-order valence-electron chi connectivity index (χ3n) is 5.11. The van der Waals surface area contributed by atoms with Gasteiger partial charge in [-0.2, -0.15) is 0 Å². The molecular weight excluding hydrogens is 406 g/mol. The largest absolute Gasteiger partial charge is 0.463 e. The molecule has 0 fully saturated rings. The highest BCUT2D eigenvalue weighted by Gasteiger charge is 2.35. The number of esters is 1. The van der Waals surface area contributed by atoms with Crippen LogP contribution in [0.3, 0.4) is 0 Å². The first-order chi connectivity index (χ1) is 13.1. The number of aryl methyl sites for hydroxylation is 1. The molecule has 0 aromatic heterocycles. The standard InChI is InChI=1S/C22H22BrNO3/c1-3-26-22(25)20-13(2)27-19-9-7-16(23)12-17(19)21(20)15-6-8-18-14(11-15)5-4-10-24-18/h6-9,11-12,21,24H,3-5,10H2,1-2H3/t21-/m1/s1. The zero-order chi connectivity index (χ0) is 19.0. The minimum absolute atomic E-state index is 0.211. The van der Waals surface area contributed by atoms with E-state index in [1.807, 2.05) is 32.0 Å². The van der Waals surface area contributed by atoms with Crippen molar-refractivity contribution in [1.29, 1.82) is 0 Å². The van der Waals surface area contributed by atoms with Gasteiger partial charge >= 0.3 is 5.97 Å². The van der Waals surface area contributed by atoms with Crippen LogP contribution in [0.1, 0.15) is 42.9 Å². The summed E-state index contributed by atoms with van der Waals surface area (Å²) in [5.74, 6) is 0.854. The lowest BCUT2D eigenvalue weighted by molar-refractivity contribution is -0.139. The van der Waals surface area contributed by atoms with Gasteiger partial charge in [0.15, 0.2) is 0 Å². The summed E-state index contributed by atoms with van der Waals surface area (Å²) in [5.41, 5.74) is 5.11. The Morgan fingerprint density at radius 3 is 2.96 bits per heavy atom. The highest BCUT2D eigenvalue weighted by atomic mass is 79.9. The van der Waals surface area contributed by atoms with Crippen molar-refractivity contribution in [2.45, 2.75) is 32.6 Å². The molecule has 2 heterocycles. The van der Waals surface area contributed by atoms with Crippen molar-refractivity contribution in [3.8, 4) is 5.75 Å². The lowest BCUT2D eigenvalue weighted by Gasteiger charge is -2.30. The van der Waals surface area contributed by atoms with Crippen LogP contribution in [-0.4, -0.2) is 19.1 Å². The molecule has 0 saturated heterocycles. The zero-order valence-corrected chi connectivity index (χ0v) is 17.1. The number of fused-ring (bicyclic) bond motifs is 2. The van der Waals surface area contributed by atoms with Crippen LogP contribution in [0.4, 0.5) is 5.69 Å². The molecule has 2 aromatic rings. The van der Waals surface area contributed by atoms with E-state index < -0.39 is 0 Å². The number of carbonyl (C=O) groups is 1. The summed E-state index contributed by atoms with van der Waals surface area (Å²) in [5, 5.41) is 3.45. The van der Waals surface area contributed by atoms with Gasteiger partial charge in [-0.05, 0) is 62.1 Å². The van der Waals surface area contributed by atoms with Crippen molar-refractivity contribution in [2.24, 2.45) is 0 Å². The number of allylic oxidation sites excluding steroid dienone is 1. The molecule has 0 radical (unpaired) electrons. The summed E-state index contributed by atoms with van der Waals surface area (Å²) < 4.78 is 12.3. The predicted octanol–water partition coefficient (Wildman–Crippen LogP) is 5.17. The van der Waals surface area contributed by atoms with Crippen molar-refractivity contribution in [3.05, 3.63) is 68.9 Å². The average Bonchev–Trinajstić information content (AvgIpc) is 2.67. The van der Waals surface area contributed by atoms with Gasteiger partial charge in [-0.3, -0.25) is 0 Å². The second kappa shape index (κ2) is 7.39. The monoisotopic (exact) mass is 427 g/mol. The maximum atomic E-state index is 12.8. The zero-order valence-electron chi connectivity index (χ0n) is 15.5. The fraction of sp³-hybridized carbons (Fsp3) is 0.318. The minimum atomic E-state index is -0.318. The van der Waals surface area contributed by atoms with Crippen molar-refractivity contribution < 1.29 is 14.3 Å². The maximum Gasteiger partial charge on any atom is 0.338 e. The topological polar surface area (TPSA) is 47.6 Å². The maximum absolute atomic E-state index is 12.8. The minimum Gasteiger partial charge on any atom is -0.463 e. The van der Waals surface area contributed by atoms with E-state index in [2.05, 4.69) is 39.4 Å². The summed E-state index contributed by atoms with van der Waals surface area (Å²) in [6.07, 6.45) is 2.16. The number of hydrogen-bond acceptors (Lipinski definition) is 4. The smallest absolute Gasteiger partial charge is 0.338 e. The van der Waals surface area contributed by atoms with E-state index in [4.69, 9.17) is 9.47 Å². The van der Waals surface area contributed by atoms with E-state index in [1.54, 1.807) is 0 Å². The molecule has 0 unspecified atom stereocenters. The van der Waals surface area contributed by atoms with Gasteiger partial charge in [-0.1, -0.05) is 28.1 Å². The summed E-state index contributed by atoms with van der Waals surface area (Å²) in [6.45, 7) is 5.00. The third kappa shape index (κ3) is 3.36. The van der Waals surface area contributed by atoms with E-state index in [1.165, 1.54) is 11.3 Å². The Labute approximate surface area is 167 Å². The fourth-order valence-corrected chi connectivity index (χ4v) is 4.29. The quantitative estimate of drug-likeness (QED) is 0.686. The second-order valence-corrected chi connectivity index (χ2v) is 7.77. The van der Waals surface area contributed by atoms with Crippen LogP contribution in [0, 0.1) is 0 Å². The number of carbonyl (C=O) groups excluding carboxylic acids is 1. The van der Waals surface area contributed by atoms with Crippen LogP contribution in [0.2, 0.25) is 0 Å². The molecule has 4 nitrogen and oxygen atoms in total. The van der Waals surface area contributed by atoms with Crippen LogP contribution in [0.25, 0.3) is 0 Å². The molecule has 0 bridgehead atoms. The van der Waals surface area contributed by atoms with Crippen LogP contribution < -0.4 is 10.1 Å². The molecule has 2 aromatic carbocycles. The van der Waals surface area contributed by atoms with Gasteiger partial charge in [0.25, 0.3) is 0 Å². The molecule has 2 aliphatic rings. The van der Waals surface area contributed by atoms with Crippen LogP contribution in [-0.2, 0) is 16.0 Å². The molecule has 5 heteroatoms. The number of benzene rings is 2.